The Bertz CT molecular complexity index is 937. The molecule has 1 atom stereocenters. The van der Waals surface area contributed by atoms with Crippen molar-refractivity contribution in [2.24, 2.45) is 5.41 Å². The van der Waals surface area contributed by atoms with Crippen LogP contribution in [0.25, 0.3) is 0 Å². The molecule has 8 heteroatoms. The predicted molar refractivity (Wildman–Crippen MR) is 121 cm³/mol. The van der Waals surface area contributed by atoms with Crippen molar-refractivity contribution in [3.05, 3.63) is 63.6 Å². The van der Waals surface area contributed by atoms with Gasteiger partial charge in [0, 0.05) is 49.6 Å². The van der Waals surface area contributed by atoms with Crippen LogP contribution in [-0.4, -0.2) is 43.2 Å². The summed E-state index contributed by atoms with van der Waals surface area (Å²) in [6.45, 7) is 3.19. The van der Waals surface area contributed by atoms with Gasteiger partial charge in [0.25, 0.3) is 0 Å². The molecular formula is C22H26FN5OS. The number of carbonyl (C=O) groups excluding carboxylic acids is 1. The first kappa shape index (κ1) is 22.0. The highest BCUT2D eigenvalue weighted by Gasteiger charge is 2.43. The standard InChI is InChI=1S/C22H26FN5OS/c1-15(26-2)21(12-25)30-28-8-7-17-9-20(27-19-5-3-18(23)4-6-19)16(11-24)10-22(17,13-28)14-29/h3-6,9,11-12,14,24-27H,7-8,10,13H2,1-2H3/b21-15+,24-11?,25-12?. The fourth-order valence-electron chi connectivity index (χ4n) is 3.71. The summed E-state index contributed by atoms with van der Waals surface area (Å²) in [4.78, 5) is 13.1. The lowest BCUT2D eigenvalue weighted by molar-refractivity contribution is -0.115. The molecule has 158 valence electrons. The van der Waals surface area contributed by atoms with Crippen molar-refractivity contribution in [3.63, 3.8) is 0 Å². The van der Waals surface area contributed by atoms with Gasteiger partial charge in [0.15, 0.2) is 0 Å². The number of anilines is 1. The highest BCUT2D eigenvalue weighted by Crippen LogP contribution is 2.45. The molecule has 0 saturated carbocycles. The predicted octanol–water partition coefficient (Wildman–Crippen LogP) is 4.11. The van der Waals surface area contributed by atoms with Crippen molar-refractivity contribution >= 4 is 36.4 Å². The molecule has 0 bridgehead atoms. The molecule has 2 aliphatic rings. The van der Waals surface area contributed by atoms with Crippen LogP contribution in [0.4, 0.5) is 10.1 Å². The highest BCUT2D eigenvalue weighted by molar-refractivity contribution is 8.01. The van der Waals surface area contributed by atoms with Gasteiger partial charge < -0.3 is 26.2 Å². The first-order valence-electron chi connectivity index (χ1n) is 9.70. The molecule has 1 aliphatic carbocycles. The van der Waals surface area contributed by atoms with Crippen molar-refractivity contribution in [1.82, 2.24) is 9.62 Å². The van der Waals surface area contributed by atoms with E-state index in [1.807, 2.05) is 20.0 Å². The summed E-state index contributed by atoms with van der Waals surface area (Å²) in [7, 11) is 1.82. The zero-order valence-corrected chi connectivity index (χ0v) is 17.9. The molecule has 0 amide bonds. The van der Waals surface area contributed by atoms with Gasteiger partial charge in [-0.3, -0.25) is 0 Å². The Balaban J connectivity index is 1.84. The molecule has 0 spiro atoms. The lowest BCUT2D eigenvalue weighted by Gasteiger charge is -2.43. The number of aldehydes is 1. The molecule has 1 unspecified atom stereocenters. The van der Waals surface area contributed by atoms with E-state index in [1.54, 1.807) is 12.1 Å². The summed E-state index contributed by atoms with van der Waals surface area (Å²) in [5.41, 5.74) is 3.50. The summed E-state index contributed by atoms with van der Waals surface area (Å²) in [6.07, 6.45) is 6.73. The number of piperidine rings is 1. The van der Waals surface area contributed by atoms with Gasteiger partial charge in [0.05, 0.1) is 10.3 Å². The summed E-state index contributed by atoms with van der Waals surface area (Å²) in [6, 6.07) is 6.07. The van der Waals surface area contributed by atoms with Gasteiger partial charge in [0.2, 0.25) is 0 Å². The molecule has 1 aromatic carbocycles. The van der Waals surface area contributed by atoms with Crippen molar-refractivity contribution in [2.75, 3.05) is 25.5 Å². The zero-order valence-electron chi connectivity index (χ0n) is 17.1. The van der Waals surface area contributed by atoms with Crippen molar-refractivity contribution < 1.29 is 9.18 Å². The molecule has 0 aromatic heterocycles. The lowest BCUT2D eigenvalue weighted by Crippen LogP contribution is -2.45. The summed E-state index contributed by atoms with van der Waals surface area (Å²) in [5.74, 6) is -0.305. The van der Waals surface area contributed by atoms with E-state index in [0.29, 0.717) is 13.0 Å². The largest absolute Gasteiger partial charge is 0.391 e. The minimum atomic E-state index is -0.688. The summed E-state index contributed by atoms with van der Waals surface area (Å²) in [5, 5.41) is 21.9. The second-order valence-corrected chi connectivity index (χ2v) is 8.56. The molecule has 1 aliphatic heterocycles. The number of benzene rings is 1. The smallest absolute Gasteiger partial charge is 0.131 e. The minimum Gasteiger partial charge on any atom is -0.391 e. The molecule has 1 heterocycles. The number of hydrogen-bond acceptors (Lipinski definition) is 7. The topological polar surface area (TPSA) is 92.1 Å². The third-order valence-electron chi connectivity index (χ3n) is 5.53. The van der Waals surface area contributed by atoms with Gasteiger partial charge in [-0.1, -0.05) is 5.57 Å². The average Bonchev–Trinajstić information content (AvgIpc) is 2.78. The number of allylic oxidation sites excluding steroid dienone is 4. The number of hydrogen-bond donors (Lipinski definition) is 4. The van der Waals surface area contributed by atoms with Crippen LogP contribution in [-0.2, 0) is 4.79 Å². The zero-order chi connectivity index (χ0) is 21.7. The van der Waals surface area contributed by atoms with Crippen LogP contribution in [0.2, 0.25) is 0 Å². The molecule has 30 heavy (non-hydrogen) atoms. The monoisotopic (exact) mass is 427 g/mol. The molecule has 0 radical (unpaired) electrons. The van der Waals surface area contributed by atoms with E-state index in [1.165, 1.54) is 36.5 Å². The van der Waals surface area contributed by atoms with Crippen LogP contribution >= 0.6 is 11.9 Å². The van der Waals surface area contributed by atoms with Gasteiger partial charge in [-0.25, -0.2) is 8.70 Å². The summed E-state index contributed by atoms with van der Waals surface area (Å²) < 4.78 is 15.3. The highest BCUT2D eigenvalue weighted by atomic mass is 32.2. The molecule has 4 N–H and O–H groups in total. The van der Waals surface area contributed by atoms with Gasteiger partial charge >= 0.3 is 0 Å². The van der Waals surface area contributed by atoms with E-state index in [2.05, 4.69) is 14.9 Å². The molecule has 6 nitrogen and oxygen atoms in total. The van der Waals surface area contributed by atoms with E-state index in [4.69, 9.17) is 10.8 Å². The maximum absolute atomic E-state index is 13.2. The van der Waals surface area contributed by atoms with E-state index >= 15 is 0 Å². The van der Waals surface area contributed by atoms with Gasteiger partial charge in [-0.05, 0) is 67.6 Å². The third-order valence-corrected chi connectivity index (χ3v) is 6.72. The fraction of sp³-hybridized carbons (Fsp3) is 0.318. The van der Waals surface area contributed by atoms with Gasteiger partial charge in [-0.2, -0.15) is 0 Å². The number of rotatable bonds is 8. The second-order valence-electron chi connectivity index (χ2n) is 7.42. The van der Waals surface area contributed by atoms with Gasteiger partial charge in [0.1, 0.15) is 12.1 Å². The Morgan fingerprint density at radius 3 is 2.63 bits per heavy atom. The van der Waals surface area contributed by atoms with E-state index in [-0.39, 0.29) is 5.82 Å². The van der Waals surface area contributed by atoms with Gasteiger partial charge in [-0.15, -0.1) is 0 Å². The van der Waals surface area contributed by atoms with Crippen LogP contribution < -0.4 is 10.6 Å². The number of carbonyl (C=O) groups is 1. The van der Waals surface area contributed by atoms with Crippen LogP contribution in [0, 0.1) is 22.1 Å². The van der Waals surface area contributed by atoms with Crippen LogP contribution in [0.3, 0.4) is 0 Å². The third kappa shape index (κ3) is 4.55. The second kappa shape index (κ2) is 9.40. The van der Waals surface area contributed by atoms with Crippen molar-refractivity contribution in [3.8, 4) is 0 Å². The number of halogens is 1. The number of nitrogens with one attached hydrogen (secondary N) is 4. The first-order valence-corrected chi connectivity index (χ1v) is 10.5. The van der Waals surface area contributed by atoms with Crippen LogP contribution in [0.1, 0.15) is 19.8 Å². The number of fused-ring (bicyclic) bond motifs is 1. The first-order chi connectivity index (χ1) is 14.4. The number of nitrogens with zero attached hydrogens (tertiary/aromatic N) is 1. The lowest BCUT2D eigenvalue weighted by atomic mass is 9.69. The quantitative estimate of drug-likeness (QED) is 0.285. The molecule has 1 saturated heterocycles. The molecular weight excluding hydrogens is 401 g/mol. The summed E-state index contributed by atoms with van der Waals surface area (Å²) >= 11 is 1.48. The van der Waals surface area contributed by atoms with Crippen LogP contribution in [0.5, 0.6) is 0 Å². The normalized spacial score (nSPS) is 22.4. The Kier molecular flexibility index (Phi) is 6.89. The minimum absolute atomic E-state index is 0.305. The molecule has 1 aromatic rings. The molecule has 1 fully saturated rings. The Morgan fingerprint density at radius 2 is 2.03 bits per heavy atom. The Hall–Kier alpha value is -2.71. The average molecular weight is 428 g/mol. The fourth-order valence-corrected chi connectivity index (χ4v) is 4.76. The van der Waals surface area contributed by atoms with E-state index in [0.717, 1.165) is 52.4 Å². The SMILES string of the molecule is CN/C(C)=C(\C=N)SN1CCC2=CC(Nc3ccc(F)cc3)=C(C=N)CC2(C=O)C1. The Labute approximate surface area is 180 Å². The van der Waals surface area contributed by atoms with E-state index in [9.17, 15) is 9.18 Å². The maximum atomic E-state index is 13.2. The van der Waals surface area contributed by atoms with E-state index < -0.39 is 5.41 Å². The Morgan fingerprint density at radius 1 is 1.30 bits per heavy atom. The molecule has 3 rings (SSSR count). The van der Waals surface area contributed by atoms with Crippen LogP contribution in [0.15, 0.2) is 57.8 Å². The van der Waals surface area contributed by atoms with Crippen molar-refractivity contribution in [2.45, 2.75) is 19.8 Å². The maximum Gasteiger partial charge on any atom is 0.131 e. The van der Waals surface area contributed by atoms with Crippen molar-refractivity contribution in [1.29, 1.82) is 10.8 Å².